The van der Waals surface area contributed by atoms with Gasteiger partial charge in [-0.1, -0.05) is 5.16 Å². The molecule has 0 aromatic carbocycles. The molecule has 31 heavy (non-hydrogen) atoms. The van der Waals surface area contributed by atoms with Gasteiger partial charge in [0.25, 0.3) is 0 Å². The van der Waals surface area contributed by atoms with Gasteiger partial charge in [0, 0.05) is 13.1 Å². The standard InChI is InChI=1S/C17H31N9O5/c18-9(3-1-7-22-16(20)21)13-24-14(31-25-13)10(5-6-12(19)27)23-17(30)26-8-2-4-11(26)15(28)29/h9-12,27H,1-8,18-19H2,(H,23,30)(H,28,29)(H4,20,21,22)/t9-,10-,11?,12?/m0/s1. The molecule has 0 spiro atoms. The number of aliphatic hydroxyl groups excluding tert-OH is 1. The molecule has 1 aromatic rings. The van der Waals surface area contributed by atoms with Gasteiger partial charge in [0.2, 0.25) is 5.89 Å². The third-order valence-corrected chi connectivity index (χ3v) is 4.90. The molecule has 2 amide bonds. The number of aliphatic hydroxyl groups is 1. The second-order valence-corrected chi connectivity index (χ2v) is 7.38. The highest BCUT2D eigenvalue weighted by molar-refractivity contribution is 5.83. The van der Waals surface area contributed by atoms with E-state index in [9.17, 15) is 19.8 Å². The predicted molar refractivity (Wildman–Crippen MR) is 109 cm³/mol. The molecule has 0 bridgehead atoms. The number of nitrogens with zero attached hydrogens (tertiary/aromatic N) is 4. The first-order chi connectivity index (χ1) is 14.7. The van der Waals surface area contributed by atoms with E-state index in [4.69, 9.17) is 27.5 Å². The molecule has 14 nitrogen and oxygen atoms in total. The van der Waals surface area contributed by atoms with Crippen LogP contribution in [0.5, 0.6) is 0 Å². The summed E-state index contributed by atoms with van der Waals surface area (Å²) < 4.78 is 5.28. The molecule has 0 radical (unpaired) electrons. The first-order valence-corrected chi connectivity index (χ1v) is 10.1. The summed E-state index contributed by atoms with van der Waals surface area (Å²) in [7, 11) is 0. The van der Waals surface area contributed by atoms with Gasteiger partial charge in [0.05, 0.1) is 6.04 Å². The summed E-state index contributed by atoms with van der Waals surface area (Å²) >= 11 is 0. The van der Waals surface area contributed by atoms with Crippen LogP contribution in [0.4, 0.5) is 4.79 Å². The number of likely N-dealkylation sites (tertiary alicyclic amines) is 1. The van der Waals surface area contributed by atoms with E-state index in [2.05, 4.69) is 20.4 Å². The highest BCUT2D eigenvalue weighted by Crippen LogP contribution is 2.23. The van der Waals surface area contributed by atoms with E-state index in [1.54, 1.807) is 0 Å². The monoisotopic (exact) mass is 441 g/mol. The molecular weight excluding hydrogens is 410 g/mol. The van der Waals surface area contributed by atoms with Crippen LogP contribution >= 0.6 is 0 Å². The van der Waals surface area contributed by atoms with E-state index in [0.717, 1.165) is 0 Å². The van der Waals surface area contributed by atoms with E-state index < -0.39 is 36.4 Å². The predicted octanol–water partition coefficient (Wildman–Crippen LogP) is -1.52. The lowest BCUT2D eigenvalue weighted by Gasteiger charge is -2.24. The molecule has 2 heterocycles. The first-order valence-electron chi connectivity index (χ1n) is 10.1. The van der Waals surface area contributed by atoms with Crippen LogP contribution in [-0.2, 0) is 4.79 Å². The third kappa shape index (κ3) is 7.34. The molecule has 0 aliphatic carbocycles. The second kappa shape index (κ2) is 11.4. The quantitative estimate of drug-likeness (QED) is 0.0898. The minimum absolute atomic E-state index is 0.000710. The Hall–Kier alpha value is -2.97. The summed E-state index contributed by atoms with van der Waals surface area (Å²) in [6, 6.07) is -2.76. The minimum atomic E-state index is -1.10. The van der Waals surface area contributed by atoms with Crippen molar-refractivity contribution in [1.29, 1.82) is 0 Å². The maximum Gasteiger partial charge on any atom is 0.326 e. The average Bonchev–Trinajstić information content (AvgIpc) is 3.37. The highest BCUT2D eigenvalue weighted by atomic mass is 16.5. The number of nitrogens with one attached hydrogen (secondary N) is 1. The average molecular weight is 441 g/mol. The molecule has 2 unspecified atom stereocenters. The Balaban J connectivity index is 2.05. The lowest BCUT2D eigenvalue weighted by molar-refractivity contribution is -0.141. The van der Waals surface area contributed by atoms with Crippen LogP contribution in [0.15, 0.2) is 9.52 Å². The van der Waals surface area contributed by atoms with E-state index in [1.807, 2.05) is 0 Å². The van der Waals surface area contributed by atoms with Crippen molar-refractivity contribution in [3.8, 4) is 0 Å². The Kier molecular flexibility index (Phi) is 8.96. The zero-order valence-corrected chi connectivity index (χ0v) is 17.2. The summed E-state index contributed by atoms with van der Waals surface area (Å²) in [4.78, 5) is 33.4. The van der Waals surface area contributed by atoms with E-state index in [-0.39, 0.29) is 30.5 Å². The zero-order chi connectivity index (χ0) is 23.0. The smallest absolute Gasteiger partial charge is 0.326 e. The maximum absolute atomic E-state index is 12.7. The minimum Gasteiger partial charge on any atom is -0.480 e. The topological polar surface area (TPSA) is 245 Å². The van der Waals surface area contributed by atoms with Crippen LogP contribution in [0.1, 0.15) is 62.3 Å². The van der Waals surface area contributed by atoms with Crippen LogP contribution in [0, 0.1) is 0 Å². The number of rotatable bonds is 11. The number of aromatic nitrogens is 2. The van der Waals surface area contributed by atoms with Gasteiger partial charge in [-0.3, -0.25) is 4.99 Å². The van der Waals surface area contributed by atoms with Crippen molar-refractivity contribution < 1.29 is 24.3 Å². The maximum atomic E-state index is 12.7. The highest BCUT2D eigenvalue weighted by Gasteiger charge is 2.35. The number of nitrogens with two attached hydrogens (primary N) is 4. The van der Waals surface area contributed by atoms with Gasteiger partial charge in [0.15, 0.2) is 11.8 Å². The fraction of sp³-hybridized carbons (Fsp3) is 0.706. The van der Waals surface area contributed by atoms with Gasteiger partial charge in [-0.05, 0) is 38.5 Å². The molecule has 1 saturated heterocycles. The van der Waals surface area contributed by atoms with E-state index in [0.29, 0.717) is 38.8 Å². The van der Waals surface area contributed by atoms with E-state index in [1.165, 1.54) is 4.90 Å². The molecular formula is C17H31N9O5. The van der Waals surface area contributed by atoms with Crippen LogP contribution in [0.25, 0.3) is 0 Å². The van der Waals surface area contributed by atoms with Gasteiger partial charge in [0.1, 0.15) is 18.3 Å². The van der Waals surface area contributed by atoms with Gasteiger partial charge in [-0.2, -0.15) is 4.98 Å². The van der Waals surface area contributed by atoms with Crippen molar-refractivity contribution in [2.75, 3.05) is 13.1 Å². The van der Waals surface area contributed by atoms with Crippen molar-refractivity contribution in [3.63, 3.8) is 0 Å². The van der Waals surface area contributed by atoms with Crippen molar-refractivity contribution in [3.05, 3.63) is 11.7 Å². The number of carboxylic acid groups (broad SMARTS) is 1. The lowest BCUT2D eigenvalue weighted by atomic mass is 10.1. The number of urea groups is 1. The van der Waals surface area contributed by atoms with Crippen molar-refractivity contribution in [2.45, 2.75) is 62.9 Å². The molecule has 1 aromatic heterocycles. The Morgan fingerprint density at radius 1 is 1.29 bits per heavy atom. The molecule has 174 valence electrons. The van der Waals surface area contributed by atoms with Crippen molar-refractivity contribution >= 4 is 18.0 Å². The molecule has 0 saturated carbocycles. The third-order valence-electron chi connectivity index (χ3n) is 4.90. The van der Waals surface area contributed by atoms with Crippen LogP contribution in [-0.4, -0.2) is 68.6 Å². The van der Waals surface area contributed by atoms with E-state index >= 15 is 0 Å². The zero-order valence-electron chi connectivity index (χ0n) is 17.2. The van der Waals surface area contributed by atoms with Gasteiger partial charge >= 0.3 is 12.0 Å². The SMILES string of the molecule is NC(N)=NCCC[C@H](N)c1noc([C@H](CCC(N)O)NC(=O)N2CCCC2C(=O)O)n1. The number of carboxylic acids is 1. The number of aliphatic carboxylic acids is 1. The number of hydrogen-bond donors (Lipinski definition) is 7. The molecule has 1 fully saturated rings. The molecule has 2 rings (SSSR count). The molecule has 11 N–H and O–H groups in total. The normalized spacial score (nSPS) is 18.9. The number of carbonyl (C=O) groups excluding carboxylic acids is 1. The molecule has 4 atom stereocenters. The molecule has 14 heteroatoms. The number of aliphatic imine (C=N–C) groups is 1. The summed E-state index contributed by atoms with van der Waals surface area (Å²) in [5.74, 6) is -0.723. The number of amides is 2. The fourth-order valence-electron chi connectivity index (χ4n) is 3.28. The summed E-state index contributed by atoms with van der Waals surface area (Å²) in [6.07, 6.45) is 1.34. The summed E-state index contributed by atoms with van der Waals surface area (Å²) in [5.41, 5.74) is 22.1. The Labute approximate surface area is 179 Å². The van der Waals surface area contributed by atoms with Crippen molar-refractivity contribution in [1.82, 2.24) is 20.4 Å². The second-order valence-electron chi connectivity index (χ2n) is 7.38. The van der Waals surface area contributed by atoms with Gasteiger partial charge in [-0.25, -0.2) is 9.59 Å². The van der Waals surface area contributed by atoms with Crippen LogP contribution < -0.4 is 28.3 Å². The number of carbonyl (C=O) groups is 2. The van der Waals surface area contributed by atoms with Gasteiger partial charge < -0.3 is 47.9 Å². The Morgan fingerprint density at radius 3 is 2.68 bits per heavy atom. The van der Waals surface area contributed by atoms with Gasteiger partial charge in [-0.15, -0.1) is 0 Å². The summed E-state index contributed by atoms with van der Waals surface area (Å²) in [6.45, 7) is 0.735. The number of guanidine groups is 1. The Morgan fingerprint density at radius 2 is 2.03 bits per heavy atom. The largest absolute Gasteiger partial charge is 0.480 e. The lowest BCUT2D eigenvalue weighted by Crippen LogP contribution is -2.47. The Bertz CT molecular complexity index is 765. The molecule has 1 aliphatic rings. The number of hydrogen-bond acceptors (Lipinski definition) is 9. The van der Waals surface area contributed by atoms with Crippen LogP contribution in [0.2, 0.25) is 0 Å². The van der Waals surface area contributed by atoms with Crippen molar-refractivity contribution in [2.24, 2.45) is 27.9 Å². The fourth-order valence-corrected chi connectivity index (χ4v) is 3.28. The van der Waals surface area contributed by atoms with Crippen LogP contribution in [0.3, 0.4) is 0 Å². The summed E-state index contributed by atoms with van der Waals surface area (Å²) in [5, 5.41) is 25.3. The molecule has 1 aliphatic heterocycles. The first kappa shape index (κ1) is 24.3.